The minimum atomic E-state index is -0.366. The average Bonchev–Trinajstić information content (AvgIpc) is 3.37. The topological polar surface area (TPSA) is 113 Å². The highest BCUT2D eigenvalue weighted by Crippen LogP contribution is 2.44. The second-order valence-electron chi connectivity index (χ2n) is 7.81. The highest BCUT2D eigenvalue weighted by Gasteiger charge is 2.34. The first-order valence-corrected chi connectivity index (χ1v) is 10.6. The number of aryl methyl sites for hydroxylation is 1. The molecule has 33 heavy (non-hydrogen) atoms. The lowest BCUT2D eigenvalue weighted by Crippen LogP contribution is -2.13. The third kappa shape index (κ3) is 3.55. The Kier molecular flexibility index (Phi) is 4.97. The number of carbonyl (C=O) groups excluding carboxylic acids is 2. The van der Waals surface area contributed by atoms with Gasteiger partial charge in [0.1, 0.15) is 6.54 Å². The lowest BCUT2D eigenvalue weighted by atomic mass is 9.98. The largest absolute Gasteiger partial charge is 0.465 e. The second-order valence-corrected chi connectivity index (χ2v) is 7.81. The maximum atomic E-state index is 13.5. The van der Waals surface area contributed by atoms with Gasteiger partial charge < -0.3 is 10.5 Å². The standard InChI is InChI=1S/C25H21N5O3/c1-3-33-19(31)13-30-12-16(11-27-30)17-5-4-6-18-20(17)23-21(24(18)32)22(28-25(26)29-23)15-9-7-14(2)8-10-15/h4-12H,3,13H2,1-2H3,(H2,26,28,29). The van der Waals surface area contributed by atoms with Crippen LogP contribution in [-0.4, -0.2) is 38.1 Å². The van der Waals surface area contributed by atoms with Gasteiger partial charge in [0.05, 0.1) is 29.8 Å². The van der Waals surface area contributed by atoms with Gasteiger partial charge in [0.15, 0.2) is 5.78 Å². The number of carbonyl (C=O) groups is 2. The summed E-state index contributed by atoms with van der Waals surface area (Å²) in [4.78, 5) is 34.2. The van der Waals surface area contributed by atoms with E-state index in [-0.39, 0.29) is 24.2 Å². The molecule has 0 aliphatic heterocycles. The molecule has 0 unspecified atom stereocenters. The lowest BCUT2D eigenvalue weighted by molar-refractivity contribution is -0.144. The summed E-state index contributed by atoms with van der Waals surface area (Å²) in [7, 11) is 0. The molecule has 0 bridgehead atoms. The summed E-state index contributed by atoms with van der Waals surface area (Å²) < 4.78 is 6.51. The van der Waals surface area contributed by atoms with Gasteiger partial charge in [0, 0.05) is 28.5 Å². The molecule has 0 spiro atoms. The van der Waals surface area contributed by atoms with Crippen LogP contribution < -0.4 is 5.73 Å². The fourth-order valence-corrected chi connectivity index (χ4v) is 4.09. The van der Waals surface area contributed by atoms with Crippen LogP contribution in [0, 0.1) is 6.92 Å². The normalized spacial score (nSPS) is 11.9. The Balaban J connectivity index is 1.64. The Hall–Kier alpha value is -4.33. The first-order valence-electron chi connectivity index (χ1n) is 10.6. The van der Waals surface area contributed by atoms with Crippen molar-refractivity contribution in [3.63, 3.8) is 0 Å². The average molecular weight is 439 g/mol. The van der Waals surface area contributed by atoms with E-state index < -0.39 is 0 Å². The van der Waals surface area contributed by atoms with Crippen molar-refractivity contribution >= 4 is 17.7 Å². The fraction of sp³-hybridized carbons (Fsp3) is 0.160. The highest BCUT2D eigenvalue weighted by atomic mass is 16.5. The Labute approximate surface area is 190 Å². The maximum Gasteiger partial charge on any atom is 0.327 e. The molecule has 0 amide bonds. The van der Waals surface area contributed by atoms with E-state index in [1.54, 1.807) is 25.4 Å². The molecule has 2 aromatic heterocycles. The van der Waals surface area contributed by atoms with E-state index in [0.717, 1.165) is 22.3 Å². The van der Waals surface area contributed by atoms with Crippen molar-refractivity contribution in [2.75, 3.05) is 12.3 Å². The SMILES string of the molecule is CCOC(=O)Cn1cc(-c2cccc3c2-c2nc(N)nc(-c4ccc(C)cc4)c2C3=O)cn1. The van der Waals surface area contributed by atoms with Crippen molar-refractivity contribution < 1.29 is 14.3 Å². The molecule has 2 heterocycles. The lowest BCUT2D eigenvalue weighted by Gasteiger charge is -2.09. The molecular weight excluding hydrogens is 418 g/mol. The number of nitrogens with zero attached hydrogens (tertiary/aromatic N) is 4. The van der Waals surface area contributed by atoms with Gasteiger partial charge in [-0.05, 0) is 19.4 Å². The van der Waals surface area contributed by atoms with Crippen LogP contribution in [0.4, 0.5) is 5.95 Å². The number of benzene rings is 2. The van der Waals surface area contributed by atoms with Gasteiger partial charge in [-0.25, -0.2) is 9.97 Å². The van der Waals surface area contributed by atoms with Crippen LogP contribution in [0.1, 0.15) is 28.4 Å². The van der Waals surface area contributed by atoms with Crippen LogP contribution in [-0.2, 0) is 16.1 Å². The van der Waals surface area contributed by atoms with Crippen LogP contribution >= 0.6 is 0 Å². The van der Waals surface area contributed by atoms with Crippen molar-refractivity contribution in [3.05, 3.63) is 71.5 Å². The number of nitrogens with two attached hydrogens (primary N) is 1. The van der Waals surface area contributed by atoms with Crippen LogP contribution in [0.3, 0.4) is 0 Å². The zero-order valence-corrected chi connectivity index (χ0v) is 18.2. The smallest absolute Gasteiger partial charge is 0.327 e. The summed E-state index contributed by atoms with van der Waals surface area (Å²) in [6.07, 6.45) is 3.41. The van der Waals surface area contributed by atoms with E-state index >= 15 is 0 Å². The molecule has 8 heteroatoms. The minimum absolute atomic E-state index is 0.00503. The van der Waals surface area contributed by atoms with Gasteiger partial charge in [0.25, 0.3) is 0 Å². The van der Waals surface area contributed by atoms with E-state index in [2.05, 4.69) is 15.1 Å². The van der Waals surface area contributed by atoms with Crippen molar-refractivity contribution in [1.29, 1.82) is 0 Å². The van der Waals surface area contributed by atoms with E-state index in [1.807, 2.05) is 43.3 Å². The van der Waals surface area contributed by atoms with Crippen molar-refractivity contribution in [2.24, 2.45) is 0 Å². The number of aromatic nitrogens is 4. The van der Waals surface area contributed by atoms with Crippen LogP contribution in [0.25, 0.3) is 33.6 Å². The molecule has 2 N–H and O–H groups in total. The monoisotopic (exact) mass is 439 g/mol. The van der Waals surface area contributed by atoms with Crippen LogP contribution in [0.5, 0.6) is 0 Å². The van der Waals surface area contributed by atoms with Crippen LogP contribution in [0.15, 0.2) is 54.9 Å². The number of nitrogen functional groups attached to an aromatic ring is 1. The Morgan fingerprint density at radius 1 is 1.00 bits per heavy atom. The number of hydrogen-bond donors (Lipinski definition) is 1. The van der Waals surface area contributed by atoms with Gasteiger partial charge in [0.2, 0.25) is 5.95 Å². The highest BCUT2D eigenvalue weighted by molar-refractivity contribution is 6.25. The number of rotatable bonds is 5. The molecular formula is C25H21N5O3. The zero-order valence-electron chi connectivity index (χ0n) is 18.2. The van der Waals surface area contributed by atoms with Gasteiger partial charge in [-0.2, -0.15) is 5.10 Å². The summed E-state index contributed by atoms with van der Waals surface area (Å²) in [5.41, 5.74) is 12.2. The molecule has 164 valence electrons. The van der Waals surface area contributed by atoms with E-state index in [0.29, 0.717) is 34.7 Å². The molecule has 0 radical (unpaired) electrons. The minimum Gasteiger partial charge on any atom is -0.465 e. The first-order chi connectivity index (χ1) is 16.0. The van der Waals surface area contributed by atoms with E-state index in [1.165, 1.54) is 4.68 Å². The van der Waals surface area contributed by atoms with Gasteiger partial charge in [-0.3, -0.25) is 14.3 Å². The van der Waals surface area contributed by atoms with Crippen LogP contribution in [0.2, 0.25) is 0 Å². The summed E-state index contributed by atoms with van der Waals surface area (Å²) in [5, 5.41) is 4.28. The van der Waals surface area contributed by atoms with Crippen molar-refractivity contribution in [1.82, 2.24) is 19.7 Å². The molecule has 2 aromatic carbocycles. The molecule has 0 saturated carbocycles. The third-order valence-electron chi connectivity index (χ3n) is 5.56. The van der Waals surface area contributed by atoms with Gasteiger partial charge in [-0.15, -0.1) is 0 Å². The van der Waals surface area contributed by atoms with E-state index in [9.17, 15) is 9.59 Å². The van der Waals surface area contributed by atoms with Gasteiger partial charge >= 0.3 is 5.97 Å². The predicted molar refractivity (Wildman–Crippen MR) is 123 cm³/mol. The number of anilines is 1. The van der Waals surface area contributed by atoms with Crippen molar-refractivity contribution in [3.8, 4) is 33.6 Å². The molecule has 0 fully saturated rings. The number of esters is 1. The Morgan fingerprint density at radius 3 is 2.48 bits per heavy atom. The quantitative estimate of drug-likeness (QED) is 0.416. The molecule has 0 saturated heterocycles. The Bertz CT molecular complexity index is 1410. The fourth-order valence-electron chi connectivity index (χ4n) is 4.09. The number of hydrogen-bond acceptors (Lipinski definition) is 7. The third-order valence-corrected chi connectivity index (χ3v) is 5.56. The molecule has 5 rings (SSSR count). The summed E-state index contributed by atoms with van der Waals surface area (Å²) in [6, 6.07) is 13.3. The number of ether oxygens (including phenoxy) is 1. The molecule has 1 aliphatic rings. The number of ketones is 1. The molecule has 1 aliphatic carbocycles. The molecule has 8 nitrogen and oxygen atoms in total. The second kappa shape index (κ2) is 7.98. The first kappa shape index (κ1) is 20.6. The van der Waals surface area contributed by atoms with Crippen molar-refractivity contribution in [2.45, 2.75) is 20.4 Å². The molecule has 0 atom stereocenters. The summed E-state index contributed by atoms with van der Waals surface area (Å²) >= 11 is 0. The predicted octanol–water partition coefficient (Wildman–Crippen LogP) is 3.67. The molecule has 4 aromatic rings. The zero-order chi connectivity index (χ0) is 23.1. The number of fused-ring (bicyclic) bond motifs is 3. The Morgan fingerprint density at radius 2 is 1.73 bits per heavy atom. The maximum absolute atomic E-state index is 13.5. The van der Waals surface area contributed by atoms with E-state index in [4.69, 9.17) is 10.5 Å². The van der Waals surface area contributed by atoms with Gasteiger partial charge in [-0.1, -0.05) is 48.0 Å². The summed E-state index contributed by atoms with van der Waals surface area (Å²) in [6.45, 7) is 4.07. The summed E-state index contributed by atoms with van der Waals surface area (Å²) in [5.74, 6) is -0.414.